The highest BCUT2D eigenvalue weighted by Crippen LogP contribution is 2.58. The standard InChI is InChI=1S/C47H50F2O9/c48-31-38-42(51,26-33-16-6-1-7-17-33)45(54,29-36-22-12-4-13-23-36)43(52,27-34-18-8-2-9-19-34)40(57-38)47(56)39(32-49)58-41(50)44(53,28-35-20-10-3-11-21-35)46(47,55)30-37-24-14-5-15-25-37/h1-25,38-41,50-56H,26-32H2/t38-,39-,40-,41+,42-,43+,44+,45+,46-,47+/m1/s1. The summed E-state index contributed by atoms with van der Waals surface area (Å²) in [6, 6.07) is 41.5. The molecule has 0 aliphatic carbocycles. The first-order valence-electron chi connectivity index (χ1n) is 19.4. The van der Waals surface area contributed by atoms with E-state index < -0.39 is 104 Å². The quantitative estimate of drug-likeness (QED) is 0.0935. The average Bonchev–Trinajstić information content (AvgIpc) is 3.23. The summed E-state index contributed by atoms with van der Waals surface area (Å²) >= 11 is 0. The highest BCUT2D eigenvalue weighted by Gasteiger charge is 2.82. The van der Waals surface area contributed by atoms with Gasteiger partial charge in [-0.2, -0.15) is 0 Å². The molecule has 0 unspecified atom stereocenters. The summed E-state index contributed by atoms with van der Waals surface area (Å²) in [5.74, 6) is 0. The van der Waals surface area contributed by atoms with Crippen molar-refractivity contribution in [3.63, 3.8) is 0 Å². The second kappa shape index (κ2) is 16.3. The van der Waals surface area contributed by atoms with Crippen LogP contribution in [0.5, 0.6) is 0 Å². The Bertz CT molecular complexity index is 2090. The molecule has 10 atom stereocenters. The lowest BCUT2D eigenvalue weighted by molar-refractivity contribution is -0.447. The van der Waals surface area contributed by atoms with Crippen molar-refractivity contribution >= 4 is 0 Å². The number of aliphatic hydroxyl groups is 7. The molecule has 0 saturated carbocycles. The molecular formula is C47H50F2O9. The minimum atomic E-state index is -3.32. The maximum absolute atomic E-state index is 15.9. The summed E-state index contributed by atoms with van der Waals surface area (Å²) in [6.07, 6.45) is -11.9. The van der Waals surface area contributed by atoms with E-state index in [1.54, 1.807) is 152 Å². The van der Waals surface area contributed by atoms with Crippen LogP contribution in [0.1, 0.15) is 27.8 Å². The minimum Gasteiger partial charge on any atom is -0.384 e. The Morgan fingerprint density at radius 2 is 0.724 bits per heavy atom. The van der Waals surface area contributed by atoms with Crippen LogP contribution >= 0.6 is 0 Å². The van der Waals surface area contributed by atoms with Crippen LogP contribution in [0.4, 0.5) is 8.78 Å². The fourth-order valence-electron chi connectivity index (χ4n) is 9.45. The predicted octanol–water partition coefficient (Wildman–Crippen LogP) is 4.01. The van der Waals surface area contributed by atoms with E-state index in [-0.39, 0.29) is 0 Å². The van der Waals surface area contributed by atoms with E-state index in [2.05, 4.69) is 0 Å². The summed E-state index contributed by atoms with van der Waals surface area (Å²) in [4.78, 5) is 0. The van der Waals surface area contributed by atoms with Crippen molar-refractivity contribution in [3.05, 3.63) is 179 Å². The minimum absolute atomic E-state index is 0.311. The summed E-state index contributed by atoms with van der Waals surface area (Å²) in [6.45, 7) is -3.09. The highest BCUT2D eigenvalue weighted by atomic mass is 19.1. The Labute approximate surface area is 336 Å². The zero-order valence-electron chi connectivity index (χ0n) is 31.9. The first-order valence-corrected chi connectivity index (χ1v) is 19.4. The van der Waals surface area contributed by atoms with Gasteiger partial charge in [-0.15, -0.1) is 0 Å². The van der Waals surface area contributed by atoms with Crippen molar-refractivity contribution in [2.24, 2.45) is 0 Å². The van der Waals surface area contributed by atoms with E-state index in [4.69, 9.17) is 9.47 Å². The van der Waals surface area contributed by atoms with E-state index >= 15 is 8.78 Å². The number of halogens is 2. The van der Waals surface area contributed by atoms with Gasteiger partial charge in [0.25, 0.3) is 0 Å². The Kier molecular flexibility index (Phi) is 11.8. The van der Waals surface area contributed by atoms with Crippen LogP contribution in [-0.2, 0) is 41.6 Å². The smallest absolute Gasteiger partial charge is 0.187 e. The molecule has 0 spiro atoms. The Morgan fingerprint density at radius 1 is 0.397 bits per heavy atom. The Balaban J connectivity index is 1.53. The molecule has 0 bridgehead atoms. The molecule has 306 valence electrons. The molecule has 0 amide bonds. The largest absolute Gasteiger partial charge is 0.384 e. The number of hydrogen-bond acceptors (Lipinski definition) is 9. The topological polar surface area (TPSA) is 160 Å². The van der Waals surface area contributed by atoms with Gasteiger partial charge >= 0.3 is 0 Å². The molecule has 2 heterocycles. The van der Waals surface area contributed by atoms with Crippen molar-refractivity contribution in [2.75, 3.05) is 13.3 Å². The number of rotatable bonds is 13. The van der Waals surface area contributed by atoms with E-state index in [9.17, 15) is 35.7 Å². The number of ether oxygens (including phenoxy) is 2. The maximum Gasteiger partial charge on any atom is 0.187 e. The van der Waals surface area contributed by atoms with E-state index in [0.29, 0.717) is 27.8 Å². The lowest BCUT2D eigenvalue weighted by Crippen LogP contribution is -2.92. The molecule has 5 aromatic carbocycles. The second-order valence-electron chi connectivity index (χ2n) is 15.9. The summed E-state index contributed by atoms with van der Waals surface area (Å²) < 4.78 is 43.9. The molecule has 5 aromatic rings. The van der Waals surface area contributed by atoms with E-state index in [1.165, 1.54) is 0 Å². The van der Waals surface area contributed by atoms with Crippen LogP contribution < -0.4 is 0 Å². The summed E-state index contributed by atoms with van der Waals surface area (Å²) in [5.41, 5.74) is -16.0. The fourth-order valence-corrected chi connectivity index (χ4v) is 9.45. The maximum atomic E-state index is 15.9. The van der Waals surface area contributed by atoms with Crippen LogP contribution in [0.15, 0.2) is 152 Å². The first kappa shape index (κ1) is 41.7. The lowest BCUT2D eigenvalue weighted by atomic mass is 9.51. The van der Waals surface area contributed by atoms with Gasteiger partial charge in [0.15, 0.2) is 17.5 Å². The number of aliphatic hydroxyl groups excluding tert-OH is 1. The third-order valence-corrected chi connectivity index (χ3v) is 12.5. The summed E-state index contributed by atoms with van der Waals surface area (Å²) in [5, 5.41) is 92.3. The molecule has 9 nitrogen and oxygen atoms in total. The molecular weight excluding hydrogens is 747 g/mol. The van der Waals surface area contributed by atoms with Crippen molar-refractivity contribution in [1.29, 1.82) is 0 Å². The van der Waals surface area contributed by atoms with Crippen LogP contribution in [0.3, 0.4) is 0 Å². The number of alkyl halides is 2. The Hall–Kier alpha value is -4.40. The van der Waals surface area contributed by atoms with Gasteiger partial charge in [0.05, 0.1) is 0 Å². The van der Waals surface area contributed by atoms with Crippen molar-refractivity contribution in [3.8, 4) is 0 Å². The van der Waals surface area contributed by atoms with Gasteiger partial charge in [-0.1, -0.05) is 152 Å². The molecule has 0 aromatic heterocycles. The SMILES string of the molecule is O[C@H]1O[C@H](CF)[C@](O)([C@@H]2O[C@H](CF)[C@](O)(Cc3ccccc3)[C@@](O)(Cc3ccccc3)[C@]2(O)Cc2ccccc2)[C@@](O)(Cc2ccccc2)[C@]1(O)Cc1ccccc1. The molecule has 2 saturated heterocycles. The zero-order valence-corrected chi connectivity index (χ0v) is 31.9. The third-order valence-electron chi connectivity index (χ3n) is 12.5. The first-order chi connectivity index (χ1) is 27.8. The van der Waals surface area contributed by atoms with Crippen molar-refractivity contribution in [2.45, 2.75) is 90.3 Å². The molecule has 2 aliphatic rings. The van der Waals surface area contributed by atoms with Gasteiger partial charge in [0.1, 0.15) is 54.1 Å². The highest BCUT2D eigenvalue weighted by molar-refractivity contribution is 5.39. The summed E-state index contributed by atoms with van der Waals surface area (Å²) in [7, 11) is 0. The normalized spacial score (nSPS) is 35.1. The fraction of sp³-hybridized carbons (Fsp3) is 0.362. The van der Waals surface area contributed by atoms with E-state index in [1.807, 2.05) is 0 Å². The third kappa shape index (κ3) is 6.88. The van der Waals surface area contributed by atoms with Crippen LogP contribution in [0.2, 0.25) is 0 Å². The molecule has 2 aliphatic heterocycles. The molecule has 7 N–H and O–H groups in total. The van der Waals surface area contributed by atoms with Crippen LogP contribution in [0.25, 0.3) is 0 Å². The monoisotopic (exact) mass is 796 g/mol. The molecule has 0 radical (unpaired) electrons. The molecule has 7 rings (SSSR count). The lowest BCUT2D eigenvalue weighted by Gasteiger charge is -2.68. The van der Waals surface area contributed by atoms with Gasteiger partial charge < -0.3 is 45.2 Å². The predicted molar refractivity (Wildman–Crippen MR) is 212 cm³/mol. The van der Waals surface area contributed by atoms with Gasteiger partial charge in [-0.05, 0) is 27.8 Å². The van der Waals surface area contributed by atoms with Gasteiger partial charge in [0.2, 0.25) is 0 Å². The second-order valence-corrected chi connectivity index (χ2v) is 15.9. The molecule has 11 heteroatoms. The van der Waals surface area contributed by atoms with Crippen LogP contribution in [-0.4, -0.2) is 107 Å². The Morgan fingerprint density at radius 3 is 1.10 bits per heavy atom. The number of benzene rings is 5. The van der Waals surface area contributed by atoms with E-state index in [0.717, 1.165) is 0 Å². The van der Waals surface area contributed by atoms with Gasteiger partial charge in [-0.3, -0.25) is 0 Å². The van der Waals surface area contributed by atoms with Crippen molar-refractivity contribution < 1.29 is 54.0 Å². The van der Waals surface area contributed by atoms with Crippen molar-refractivity contribution in [1.82, 2.24) is 0 Å². The van der Waals surface area contributed by atoms with Crippen LogP contribution in [0, 0.1) is 0 Å². The van der Waals surface area contributed by atoms with Gasteiger partial charge in [0, 0.05) is 32.1 Å². The molecule has 58 heavy (non-hydrogen) atoms. The number of hydrogen-bond donors (Lipinski definition) is 7. The van der Waals surface area contributed by atoms with Gasteiger partial charge in [-0.25, -0.2) is 8.78 Å². The zero-order chi connectivity index (χ0) is 41.2. The molecule has 2 fully saturated rings. The average molecular weight is 797 g/mol.